The molecule has 0 saturated heterocycles. The van der Waals surface area contributed by atoms with Gasteiger partial charge in [0.15, 0.2) is 11.4 Å². The molecule has 2 N–H and O–H groups in total. The molecule has 1 aliphatic heterocycles. The molecule has 0 saturated carbocycles. The number of aromatic nitrogens is 1. The van der Waals surface area contributed by atoms with E-state index in [1.54, 1.807) is 17.1 Å². The molecule has 1 amide bonds. The van der Waals surface area contributed by atoms with E-state index in [1.165, 1.54) is 45.6 Å². The number of aromatic carboxylic acids is 1. The van der Waals surface area contributed by atoms with Gasteiger partial charge < -0.3 is 15.1 Å². The number of hydrogen-bond donors (Lipinski definition) is 2. The van der Waals surface area contributed by atoms with Crippen LogP contribution in [0.3, 0.4) is 0 Å². The normalized spacial score (nSPS) is 13.6. The van der Waals surface area contributed by atoms with E-state index in [-0.39, 0.29) is 25.5 Å². The summed E-state index contributed by atoms with van der Waals surface area (Å²) in [6, 6.07) is 12.9. The van der Waals surface area contributed by atoms with E-state index in [2.05, 4.69) is 0 Å². The molecule has 186 valence electrons. The van der Waals surface area contributed by atoms with Crippen molar-refractivity contribution in [3.05, 3.63) is 104 Å². The number of carboxylic acid groups (broad SMARTS) is 1. The first-order valence-corrected chi connectivity index (χ1v) is 12.0. The Morgan fingerprint density at radius 2 is 1.81 bits per heavy atom. The zero-order valence-electron chi connectivity index (χ0n) is 19.0. The minimum Gasteiger partial charge on any atom is -0.502 e. The summed E-state index contributed by atoms with van der Waals surface area (Å²) in [5, 5.41) is 24.1. The van der Waals surface area contributed by atoms with E-state index >= 15 is 0 Å². The number of hydrogen-bond acceptors (Lipinski definition) is 6. The SMILES string of the molecule is C/C(=C\Sc1ccc(Cl)cc1)CN1CN(Cc2ccc(F)cc2)C(=O)c2c(O)c(=O)c(C(=O)O)cn21. The number of halogens is 2. The van der Waals surface area contributed by atoms with Crippen molar-refractivity contribution in [2.45, 2.75) is 18.4 Å². The van der Waals surface area contributed by atoms with E-state index in [0.29, 0.717) is 10.6 Å². The van der Waals surface area contributed by atoms with Crippen LogP contribution in [-0.2, 0) is 6.54 Å². The van der Waals surface area contributed by atoms with Crippen LogP contribution in [0.1, 0.15) is 33.3 Å². The third-order valence-electron chi connectivity index (χ3n) is 5.45. The van der Waals surface area contributed by atoms with Gasteiger partial charge in [0, 0.05) is 22.7 Å². The largest absolute Gasteiger partial charge is 0.502 e. The highest BCUT2D eigenvalue weighted by Gasteiger charge is 2.34. The minimum absolute atomic E-state index is 0.0291. The van der Waals surface area contributed by atoms with Crippen LogP contribution in [0.15, 0.2) is 75.4 Å². The number of aromatic hydroxyl groups is 1. The molecular weight excluding hydrogens is 509 g/mol. The van der Waals surface area contributed by atoms with E-state index in [1.807, 2.05) is 24.5 Å². The molecule has 8 nitrogen and oxygen atoms in total. The molecule has 0 spiro atoms. The predicted octanol–water partition coefficient (Wildman–Crippen LogP) is 4.29. The Labute approximate surface area is 214 Å². The quantitative estimate of drug-likeness (QED) is 0.440. The molecule has 2 aromatic carbocycles. The van der Waals surface area contributed by atoms with Crippen molar-refractivity contribution in [1.29, 1.82) is 0 Å². The van der Waals surface area contributed by atoms with Crippen molar-refractivity contribution in [3.8, 4) is 5.75 Å². The number of fused-ring (bicyclic) bond motifs is 1. The number of thioether (sulfide) groups is 1. The lowest BCUT2D eigenvalue weighted by molar-refractivity contribution is 0.0658. The van der Waals surface area contributed by atoms with E-state index in [4.69, 9.17) is 11.6 Å². The molecule has 1 aromatic heterocycles. The Morgan fingerprint density at radius 3 is 2.44 bits per heavy atom. The number of benzene rings is 2. The maximum atomic E-state index is 13.3. The van der Waals surface area contributed by atoms with Gasteiger partial charge in [0.25, 0.3) is 5.91 Å². The summed E-state index contributed by atoms with van der Waals surface area (Å²) in [7, 11) is 0. The van der Waals surface area contributed by atoms with Gasteiger partial charge in [0.1, 0.15) is 18.0 Å². The molecule has 0 radical (unpaired) electrons. The number of rotatable bonds is 7. The molecule has 11 heteroatoms. The van der Waals surface area contributed by atoms with Crippen molar-refractivity contribution < 1.29 is 24.2 Å². The van der Waals surface area contributed by atoms with Gasteiger partial charge in [-0.1, -0.05) is 35.5 Å². The number of pyridine rings is 1. The van der Waals surface area contributed by atoms with Gasteiger partial charge in [0.2, 0.25) is 5.43 Å². The van der Waals surface area contributed by atoms with E-state index < -0.39 is 34.4 Å². The minimum atomic E-state index is -1.52. The second-order valence-corrected chi connectivity index (χ2v) is 9.57. The summed E-state index contributed by atoms with van der Waals surface area (Å²) in [6.45, 7) is 2.24. The Balaban J connectivity index is 1.68. The summed E-state index contributed by atoms with van der Waals surface area (Å²) in [6.07, 6.45) is 1.05. The molecular formula is C25H21ClFN3O5S. The number of carbonyl (C=O) groups is 2. The molecule has 36 heavy (non-hydrogen) atoms. The molecule has 0 unspecified atom stereocenters. The molecule has 0 fully saturated rings. The van der Waals surface area contributed by atoms with Crippen LogP contribution in [0.4, 0.5) is 4.39 Å². The molecule has 4 rings (SSSR count). The third kappa shape index (κ3) is 5.39. The van der Waals surface area contributed by atoms with Crippen LogP contribution >= 0.6 is 23.4 Å². The summed E-state index contributed by atoms with van der Waals surface area (Å²) in [4.78, 5) is 39.6. The van der Waals surface area contributed by atoms with Crippen molar-refractivity contribution in [1.82, 2.24) is 9.58 Å². The summed E-state index contributed by atoms with van der Waals surface area (Å²) in [5.41, 5.74) is -0.620. The average molecular weight is 530 g/mol. The van der Waals surface area contributed by atoms with Crippen LogP contribution in [0, 0.1) is 5.82 Å². The Hall–Kier alpha value is -3.76. The van der Waals surface area contributed by atoms with Gasteiger partial charge in [-0.2, -0.15) is 0 Å². The van der Waals surface area contributed by atoms with Crippen molar-refractivity contribution in [2.24, 2.45) is 0 Å². The van der Waals surface area contributed by atoms with Crippen molar-refractivity contribution >= 4 is 35.2 Å². The summed E-state index contributed by atoms with van der Waals surface area (Å²) in [5.74, 6) is -3.53. The fourth-order valence-corrected chi connectivity index (χ4v) is 4.54. The lowest BCUT2D eigenvalue weighted by Gasteiger charge is -2.40. The second kappa shape index (κ2) is 10.5. The fraction of sp³-hybridized carbons (Fsp3) is 0.160. The number of nitrogens with zero attached hydrogens (tertiary/aromatic N) is 3. The number of carbonyl (C=O) groups excluding carboxylic acids is 1. The Bertz CT molecular complexity index is 1410. The zero-order chi connectivity index (χ0) is 26.0. The van der Waals surface area contributed by atoms with Crippen LogP contribution < -0.4 is 10.4 Å². The van der Waals surface area contributed by atoms with Gasteiger partial charge in [-0.15, -0.1) is 0 Å². The van der Waals surface area contributed by atoms with Crippen molar-refractivity contribution in [2.75, 3.05) is 18.2 Å². The third-order valence-corrected chi connectivity index (χ3v) is 6.77. The molecule has 0 aliphatic carbocycles. The van der Waals surface area contributed by atoms with E-state index in [0.717, 1.165) is 16.7 Å². The van der Waals surface area contributed by atoms with Gasteiger partial charge in [-0.3, -0.25) is 19.3 Å². The molecule has 0 bridgehead atoms. The van der Waals surface area contributed by atoms with Crippen LogP contribution in [0.5, 0.6) is 5.75 Å². The lowest BCUT2D eigenvalue weighted by Crippen LogP contribution is -2.54. The standard InChI is InChI=1S/C25H21ClFN3O5S/c1-15(13-36-19-8-4-17(26)5-9-19)10-29-14-28(11-16-2-6-18(27)7-3-16)24(33)21-23(32)22(31)20(25(34)35)12-30(21)29/h2-9,12-13,32H,10-11,14H2,1H3,(H,34,35)/b15-13+. The zero-order valence-corrected chi connectivity index (χ0v) is 20.6. The summed E-state index contributed by atoms with van der Waals surface area (Å²) >= 11 is 7.39. The first kappa shape index (κ1) is 25.3. The number of carboxylic acids is 1. The first-order valence-electron chi connectivity index (χ1n) is 10.7. The Morgan fingerprint density at radius 1 is 1.14 bits per heavy atom. The highest BCUT2D eigenvalue weighted by Crippen LogP contribution is 2.26. The molecule has 1 aliphatic rings. The van der Waals surface area contributed by atoms with Crippen LogP contribution in [-0.4, -0.2) is 44.9 Å². The maximum absolute atomic E-state index is 13.3. The predicted molar refractivity (Wildman–Crippen MR) is 135 cm³/mol. The van der Waals surface area contributed by atoms with Gasteiger partial charge in [-0.25, -0.2) is 9.18 Å². The monoisotopic (exact) mass is 529 g/mol. The topological polar surface area (TPSA) is 103 Å². The average Bonchev–Trinajstić information content (AvgIpc) is 2.84. The highest BCUT2D eigenvalue weighted by atomic mass is 35.5. The molecule has 3 aromatic rings. The summed E-state index contributed by atoms with van der Waals surface area (Å²) < 4.78 is 14.6. The van der Waals surface area contributed by atoms with Crippen LogP contribution in [0.25, 0.3) is 0 Å². The molecule has 0 atom stereocenters. The molecule has 2 heterocycles. The van der Waals surface area contributed by atoms with Crippen LogP contribution in [0.2, 0.25) is 5.02 Å². The van der Waals surface area contributed by atoms with E-state index in [9.17, 15) is 29.0 Å². The van der Waals surface area contributed by atoms with Gasteiger partial charge >= 0.3 is 5.97 Å². The smallest absolute Gasteiger partial charge is 0.341 e. The fourth-order valence-electron chi connectivity index (χ4n) is 3.71. The first-order chi connectivity index (χ1) is 17.1. The number of amides is 1. The maximum Gasteiger partial charge on any atom is 0.341 e. The van der Waals surface area contributed by atoms with Crippen molar-refractivity contribution in [3.63, 3.8) is 0 Å². The highest BCUT2D eigenvalue weighted by molar-refractivity contribution is 8.02. The second-order valence-electron chi connectivity index (χ2n) is 8.19. The van der Waals surface area contributed by atoms with Gasteiger partial charge in [-0.05, 0) is 59.9 Å². The Kier molecular flexibility index (Phi) is 7.37. The van der Waals surface area contributed by atoms with Gasteiger partial charge in [0.05, 0.1) is 6.54 Å². The lowest BCUT2D eigenvalue weighted by atomic mass is 10.1.